The van der Waals surface area contributed by atoms with Gasteiger partial charge in [0.2, 0.25) is 5.91 Å². The summed E-state index contributed by atoms with van der Waals surface area (Å²) in [4.78, 5) is 18.8. The highest BCUT2D eigenvalue weighted by molar-refractivity contribution is 6.04. The molecule has 2 aliphatic carbocycles. The van der Waals surface area contributed by atoms with E-state index in [1.165, 1.54) is 36.1 Å². The molecule has 2 fully saturated rings. The number of hydrogen-bond donors (Lipinski definition) is 0. The number of hydrogen-bond acceptors (Lipinski definition) is 2. The number of benzene rings is 2. The van der Waals surface area contributed by atoms with E-state index in [2.05, 4.69) is 65.3 Å². The van der Waals surface area contributed by atoms with Gasteiger partial charge in [-0.3, -0.25) is 4.79 Å². The van der Waals surface area contributed by atoms with Crippen molar-refractivity contribution in [2.45, 2.75) is 63.3 Å². The Kier molecular flexibility index (Phi) is 4.41. The van der Waals surface area contributed by atoms with E-state index in [-0.39, 0.29) is 5.41 Å². The molecule has 1 amide bonds. The molecule has 2 aromatic rings. The van der Waals surface area contributed by atoms with E-state index < -0.39 is 0 Å². The minimum Gasteiger partial charge on any atom is -0.365 e. The summed E-state index contributed by atoms with van der Waals surface area (Å²) < 4.78 is 0. The Morgan fingerprint density at radius 3 is 2.29 bits per heavy atom. The predicted molar refractivity (Wildman–Crippen MR) is 115 cm³/mol. The summed E-state index contributed by atoms with van der Waals surface area (Å²) in [5, 5.41) is 0. The summed E-state index contributed by atoms with van der Waals surface area (Å²) in [6.45, 7) is 3.93. The summed E-state index contributed by atoms with van der Waals surface area (Å²) in [5.74, 6) is 0.324. The van der Waals surface area contributed by atoms with Gasteiger partial charge in [0.05, 0.1) is 16.8 Å². The normalized spacial score (nSPS) is 21.3. The van der Waals surface area contributed by atoms with E-state index in [0.717, 1.165) is 44.5 Å². The van der Waals surface area contributed by atoms with Crippen LogP contribution in [0.1, 0.15) is 56.1 Å². The average Bonchev–Trinajstić information content (AvgIpc) is 3.58. The molecule has 0 aromatic heterocycles. The SMILES string of the molecule is Cc1ccccc1C1(C(=O)N2CCN(C3CC3)c3ccccc32)CCCCC1. The van der Waals surface area contributed by atoms with Crippen molar-refractivity contribution in [3.05, 3.63) is 59.7 Å². The molecule has 0 unspecified atom stereocenters. The third-order valence-electron chi connectivity index (χ3n) is 7.06. The van der Waals surface area contributed by atoms with Crippen molar-refractivity contribution >= 4 is 17.3 Å². The zero-order valence-electron chi connectivity index (χ0n) is 16.9. The molecule has 28 heavy (non-hydrogen) atoms. The zero-order chi connectivity index (χ0) is 19.1. The van der Waals surface area contributed by atoms with Crippen LogP contribution in [0.5, 0.6) is 0 Å². The number of para-hydroxylation sites is 2. The molecule has 5 rings (SSSR count). The number of amides is 1. The number of fused-ring (bicyclic) bond motifs is 1. The van der Waals surface area contributed by atoms with Gasteiger partial charge in [-0.2, -0.15) is 0 Å². The predicted octanol–water partition coefficient (Wildman–Crippen LogP) is 5.21. The number of nitrogens with zero attached hydrogens (tertiary/aromatic N) is 2. The molecule has 0 bridgehead atoms. The van der Waals surface area contributed by atoms with Crippen LogP contribution in [-0.4, -0.2) is 25.0 Å². The van der Waals surface area contributed by atoms with Crippen LogP contribution in [0.25, 0.3) is 0 Å². The van der Waals surface area contributed by atoms with E-state index in [1.54, 1.807) is 0 Å². The van der Waals surface area contributed by atoms with Crippen LogP contribution in [0, 0.1) is 6.92 Å². The molecule has 0 saturated heterocycles. The summed E-state index contributed by atoms with van der Waals surface area (Å²) in [5.41, 5.74) is 4.51. The fourth-order valence-electron chi connectivity index (χ4n) is 5.48. The lowest BCUT2D eigenvalue weighted by molar-refractivity contribution is -0.125. The van der Waals surface area contributed by atoms with Crippen LogP contribution in [0.15, 0.2) is 48.5 Å². The van der Waals surface area contributed by atoms with Crippen molar-refractivity contribution in [1.82, 2.24) is 0 Å². The smallest absolute Gasteiger partial charge is 0.237 e. The molecule has 146 valence electrons. The highest BCUT2D eigenvalue weighted by atomic mass is 16.2. The van der Waals surface area contributed by atoms with Gasteiger partial charge in [0, 0.05) is 19.1 Å². The summed E-state index contributed by atoms with van der Waals surface area (Å²) >= 11 is 0. The summed E-state index contributed by atoms with van der Waals surface area (Å²) in [6.07, 6.45) is 8.05. The number of carbonyl (C=O) groups excluding carboxylic acids is 1. The molecule has 3 nitrogen and oxygen atoms in total. The number of rotatable bonds is 3. The molecule has 2 aromatic carbocycles. The first kappa shape index (κ1) is 17.8. The molecular formula is C25H30N2O. The van der Waals surface area contributed by atoms with Gasteiger partial charge < -0.3 is 9.80 Å². The quantitative estimate of drug-likeness (QED) is 0.736. The van der Waals surface area contributed by atoms with Gasteiger partial charge in [-0.25, -0.2) is 0 Å². The number of aryl methyl sites for hydroxylation is 1. The van der Waals surface area contributed by atoms with Crippen molar-refractivity contribution in [1.29, 1.82) is 0 Å². The van der Waals surface area contributed by atoms with E-state index in [0.29, 0.717) is 11.9 Å². The Balaban J connectivity index is 1.56. The van der Waals surface area contributed by atoms with E-state index in [9.17, 15) is 4.79 Å². The standard InChI is InChI=1S/C25H30N2O/c1-19-9-3-4-10-21(19)25(15-7-2-8-16-25)24(28)27-18-17-26(20-13-14-20)22-11-5-6-12-23(22)27/h3-6,9-12,20H,2,7-8,13-18H2,1H3. The third kappa shape index (κ3) is 2.83. The van der Waals surface area contributed by atoms with Crippen LogP contribution in [0.4, 0.5) is 11.4 Å². The Hall–Kier alpha value is -2.29. The Labute approximate surface area is 168 Å². The maximum Gasteiger partial charge on any atom is 0.237 e. The second-order valence-corrected chi connectivity index (χ2v) is 8.83. The van der Waals surface area contributed by atoms with Crippen LogP contribution < -0.4 is 9.80 Å². The molecule has 1 heterocycles. The van der Waals surface area contributed by atoms with Gasteiger partial charge in [0.25, 0.3) is 0 Å². The van der Waals surface area contributed by atoms with Gasteiger partial charge >= 0.3 is 0 Å². The van der Waals surface area contributed by atoms with Crippen LogP contribution in [0.3, 0.4) is 0 Å². The number of anilines is 2. The highest BCUT2D eigenvalue weighted by Crippen LogP contribution is 2.46. The molecule has 0 radical (unpaired) electrons. The molecule has 1 aliphatic heterocycles. The summed E-state index contributed by atoms with van der Waals surface area (Å²) in [7, 11) is 0. The Morgan fingerprint density at radius 1 is 0.893 bits per heavy atom. The number of carbonyl (C=O) groups is 1. The second kappa shape index (κ2) is 6.95. The van der Waals surface area contributed by atoms with Gasteiger partial charge in [0.15, 0.2) is 0 Å². The minimum atomic E-state index is -0.363. The van der Waals surface area contributed by atoms with Crippen molar-refractivity contribution in [3.63, 3.8) is 0 Å². The minimum absolute atomic E-state index is 0.324. The molecular weight excluding hydrogens is 344 g/mol. The molecule has 3 heteroatoms. The highest BCUT2D eigenvalue weighted by Gasteiger charge is 2.46. The maximum absolute atomic E-state index is 14.2. The van der Waals surface area contributed by atoms with Crippen molar-refractivity contribution in [2.75, 3.05) is 22.9 Å². The van der Waals surface area contributed by atoms with Crippen LogP contribution in [0.2, 0.25) is 0 Å². The Bertz CT molecular complexity index is 880. The fourth-order valence-corrected chi connectivity index (χ4v) is 5.48. The summed E-state index contributed by atoms with van der Waals surface area (Å²) in [6, 6.07) is 17.8. The van der Waals surface area contributed by atoms with Gasteiger partial charge in [-0.1, -0.05) is 55.7 Å². The van der Waals surface area contributed by atoms with Gasteiger partial charge in [0.1, 0.15) is 0 Å². The van der Waals surface area contributed by atoms with Crippen LogP contribution >= 0.6 is 0 Å². The Morgan fingerprint density at radius 2 is 1.57 bits per heavy atom. The molecule has 0 spiro atoms. The van der Waals surface area contributed by atoms with E-state index in [4.69, 9.17) is 0 Å². The zero-order valence-corrected chi connectivity index (χ0v) is 16.9. The van der Waals surface area contributed by atoms with Crippen molar-refractivity contribution in [3.8, 4) is 0 Å². The first-order chi connectivity index (χ1) is 13.7. The maximum atomic E-state index is 14.2. The largest absolute Gasteiger partial charge is 0.365 e. The molecule has 0 atom stereocenters. The topological polar surface area (TPSA) is 23.6 Å². The van der Waals surface area contributed by atoms with Crippen LogP contribution in [-0.2, 0) is 10.2 Å². The lowest BCUT2D eigenvalue weighted by atomic mass is 9.67. The monoisotopic (exact) mass is 374 g/mol. The lowest BCUT2D eigenvalue weighted by Gasteiger charge is -2.45. The average molecular weight is 375 g/mol. The molecule has 0 N–H and O–H groups in total. The first-order valence-corrected chi connectivity index (χ1v) is 10.9. The van der Waals surface area contributed by atoms with Crippen molar-refractivity contribution in [2.24, 2.45) is 0 Å². The second-order valence-electron chi connectivity index (χ2n) is 8.83. The van der Waals surface area contributed by atoms with E-state index >= 15 is 0 Å². The third-order valence-corrected chi connectivity index (χ3v) is 7.06. The molecule has 3 aliphatic rings. The molecule has 2 saturated carbocycles. The van der Waals surface area contributed by atoms with Crippen molar-refractivity contribution < 1.29 is 4.79 Å². The van der Waals surface area contributed by atoms with E-state index in [1.807, 2.05) is 0 Å². The van der Waals surface area contributed by atoms with Gasteiger partial charge in [-0.05, 0) is 55.9 Å². The van der Waals surface area contributed by atoms with Gasteiger partial charge in [-0.15, -0.1) is 0 Å². The fraction of sp³-hybridized carbons (Fsp3) is 0.480. The lowest BCUT2D eigenvalue weighted by Crippen LogP contribution is -2.53. The first-order valence-electron chi connectivity index (χ1n) is 10.9.